The van der Waals surface area contributed by atoms with Crippen molar-refractivity contribution >= 4 is 23.1 Å². The molecule has 0 fully saturated rings. The molecule has 1 heterocycles. The number of thiazole rings is 1. The number of hydrogen-bond donors (Lipinski definition) is 1. The van der Waals surface area contributed by atoms with Gasteiger partial charge in [0.15, 0.2) is 0 Å². The first-order valence-electron chi connectivity index (χ1n) is 5.47. The highest BCUT2D eigenvalue weighted by molar-refractivity contribution is 7.98. The van der Waals surface area contributed by atoms with E-state index < -0.39 is 6.10 Å². The van der Waals surface area contributed by atoms with Crippen LogP contribution in [-0.4, -0.2) is 10.1 Å². The second kappa shape index (κ2) is 5.67. The third kappa shape index (κ3) is 3.56. The lowest BCUT2D eigenvalue weighted by atomic mass is 10.1. The molecule has 0 aliphatic rings. The summed E-state index contributed by atoms with van der Waals surface area (Å²) in [5.41, 5.74) is 2.09. The maximum absolute atomic E-state index is 9.52. The van der Waals surface area contributed by atoms with Gasteiger partial charge in [0, 0.05) is 16.0 Å². The molecule has 90 valence electrons. The highest BCUT2D eigenvalue weighted by Gasteiger charge is 2.03. The number of aryl methyl sites for hydroxylation is 1. The van der Waals surface area contributed by atoms with Crippen molar-refractivity contribution < 1.29 is 5.11 Å². The Morgan fingerprint density at radius 1 is 1.47 bits per heavy atom. The summed E-state index contributed by atoms with van der Waals surface area (Å²) in [5, 5.41) is 12.7. The van der Waals surface area contributed by atoms with E-state index in [1.165, 1.54) is 4.90 Å². The van der Waals surface area contributed by atoms with E-state index in [1.54, 1.807) is 30.0 Å². The van der Waals surface area contributed by atoms with Gasteiger partial charge in [-0.3, -0.25) is 0 Å². The lowest BCUT2D eigenvalue weighted by molar-refractivity contribution is 0.199. The molecule has 0 radical (unpaired) electrons. The fourth-order valence-electron chi connectivity index (χ4n) is 1.50. The molecule has 2 rings (SSSR count). The Morgan fingerprint density at radius 2 is 2.29 bits per heavy atom. The second-order valence-electron chi connectivity index (χ2n) is 3.89. The first-order valence-corrected chi connectivity index (χ1v) is 7.33. The van der Waals surface area contributed by atoms with Gasteiger partial charge in [-0.25, -0.2) is 4.98 Å². The molecule has 1 atom stereocenters. The summed E-state index contributed by atoms with van der Waals surface area (Å²) >= 11 is 3.43. The van der Waals surface area contributed by atoms with Crippen molar-refractivity contribution in [1.29, 1.82) is 0 Å². The summed E-state index contributed by atoms with van der Waals surface area (Å²) in [5.74, 6) is 0.883. The number of thioether (sulfide) groups is 1. The standard InChI is InChI=1S/C13H15NOS2/c1-9(15)11-4-3-5-13(6-11)17-8-12-7-16-10(2)14-12/h3-7,9,15H,8H2,1-2H3. The lowest BCUT2D eigenvalue weighted by Gasteiger charge is -2.06. The van der Waals surface area contributed by atoms with Gasteiger partial charge in [0.05, 0.1) is 16.8 Å². The number of rotatable bonds is 4. The van der Waals surface area contributed by atoms with Crippen LogP contribution in [0.25, 0.3) is 0 Å². The maximum Gasteiger partial charge on any atom is 0.0897 e. The molecule has 0 bridgehead atoms. The fourth-order valence-corrected chi connectivity index (χ4v) is 3.07. The summed E-state index contributed by atoms with van der Waals surface area (Å²) in [6, 6.07) is 8.03. The predicted molar refractivity (Wildman–Crippen MR) is 73.5 cm³/mol. The average Bonchev–Trinajstić information content (AvgIpc) is 2.73. The average molecular weight is 265 g/mol. The van der Waals surface area contributed by atoms with Crippen molar-refractivity contribution in [2.75, 3.05) is 0 Å². The van der Waals surface area contributed by atoms with Crippen LogP contribution in [0, 0.1) is 6.92 Å². The molecule has 0 aliphatic carbocycles. The van der Waals surface area contributed by atoms with Crippen LogP contribution in [0.2, 0.25) is 0 Å². The van der Waals surface area contributed by atoms with Gasteiger partial charge in [0.1, 0.15) is 0 Å². The molecule has 0 saturated heterocycles. The summed E-state index contributed by atoms with van der Waals surface area (Å²) in [6.07, 6.45) is -0.405. The first-order chi connectivity index (χ1) is 8.15. The van der Waals surface area contributed by atoms with E-state index in [1.807, 2.05) is 25.1 Å². The molecule has 1 aromatic heterocycles. The number of aliphatic hydroxyl groups is 1. The molecule has 0 spiro atoms. The van der Waals surface area contributed by atoms with Crippen LogP contribution in [-0.2, 0) is 5.75 Å². The molecule has 1 N–H and O–H groups in total. The SMILES string of the molecule is Cc1nc(CSc2cccc(C(C)O)c2)cs1. The van der Waals surface area contributed by atoms with Gasteiger partial charge in [-0.2, -0.15) is 0 Å². The number of aromatic nitrogens is 1. The predicted octanol–water partition coefficient (Wildman–Crippen LogP) is 3.80. The van der Waals surface area contributed by atoms with E-state index in [9.17, 15) is 5.11 Å². The van der Waals surface area contributed by atoms with Gasteiger partial charge in [-0.1, -0.05) is 12.1 Å². The minimum absolute atomic E-state index is 0.405. The molecule has 0 amide bonds. The van der Waals surface area contributed by atoms with Crippen LogP contribution in [0.3, 0.4) is 0 Å². The van der Waals surface area contributed by atoms with E-state index >= 15 is 0 Å². The molecule has 17 heavy (non-hydrogen) atoms. The van der Waals surface area contributed by atoms with E-state index in [4.69, 9.17) is 0 Å². The van der Waals surface area contributed by atoms with Gasteiger partial charge in [-0.15, -0.1) is 23.1 Å². The van der Waals surface area contributed by atoms with Crippen molar-refractivity contribution in [3.8, 4) is 0 Å². The minimum Gasteiger partial charge on any atom is -0.389 e. The zero-order valence-corrected chi connectivity index (χ0v) is 11.5. The number of hydrogen-bond acceptors (Lipinski definition) is 4. The summed E-state index contributed by atoms with van der Waals surface area (Å²) in [6.45, 7) is 3.81. The van der Waals surface area contributed by atoms with E-state index in [0.29, 0.717) is 0 Å². The van der Waals surface area contributed by atoms with Crippen molar-refractivity contribution in [2.24, 2.45) is 0 Å². The monoisotopic (exact) mass is 265 g/mol. The maximum atomic E-state index is 9.52. The van der Waals surface area contributed by atoms with Crippen LogP contribution >= 0.6 is 23.1 Å². The molecule has 1 unspecified atom stereocenters. The highest BCUT2D eigenvalue weighted by atomic mass is 32.2. The fraction of sp³-hybridized carbons (Fsp3) is 0.308. The van der Waals surface area contributed by atoms with Gasteiger partial charge in [-0.05, 0) is 31.5 Å². The van der Waals surface area contributed by atoms with Crippen molar-refractivity contribution in [3.63, 3.8) is 0 Å². The summed E-state index contributed by atoms with van der Waals surface area (Å²) in [7, 11) is 0. The molecule has 0 aliphatic heterocycles. The Balaban J connectivity index is 2.01. The number of nitrogens with zero attached hydrogens (tertiary/aromatic N) is 1. The minimum atomic E-state index is -0.405. The lowest BCUT2D eigenvalue weighted by Crippen LogP contribution is -1.90. The smallest absolute Gasteiger partial charge is 0.0897 e. The van der Waals surface area contributed by atoms with E-state index in [-0.39, 0.29) is 0 Å². The van der Waals surface area contributed by atoms with Crippen molar-refractivity contribution in [3.05, 3.63) is 45.9 Å². The molecule has 2 nitrogen and oxygen atoms in total. The van der Waals surface area contributed by atoms with Crippen LogP contribution in [0.15, 0.2) is 34.5 Å². The van der Waals surface area contributed by atoms with Crippen LogP contribution in [0.5, 0.6) is 0 Å². The van der Waals surface area contributed by atoms with Crippen LogP contribution in [0.4, 0.5) is 0 Å². The van der Waals surface area contributed by atoms with Gasteiger partial charge in [0.2, 0.25) is 0 Å². The first kappa shape index (κ1) is 12.6. The van der Waals surface area contributed by atoms with E-state index in [0.717, 1.165) is 22.0 Å². The Hall–Kier alpha value is -0.840. The zero-order chi connectivity index (χ0) is 12.3. The molecule has 1 aromatic carbocycles. The molecule has 2 aromatic rings. The van der Waals surface area contributed by atoms with Crippen LogP contribution in [0.1, 0.15) is 29.3 Å². The van der Waals surface area contributed by atoms with Crippen molar-refractivity contribution in [1.82, 2.24) is 4.98 Å². The Kier molecular flexibility index (Phi) is 4.20. The number of benzene rings is 1. The van der Waals surface area contributed by atoms with E-state index in [2.05, 4.69) is 16.4 Å². The van der Waals surface area contributed by atoms with Crippen LogP contribution < -0.4 is 0 Å². The zero-order valence-electron chi connectivity index (χ0n) is 9.88. The topological polar surface area (TPSA) is 33.1 Å². The third-order valence-electron chi connectivity index (χ3n) is 2.39. The molecule has 0 saturated carbocycles. The Morgan fingerprint density at radius 3 is 2.94 bits per heavy atom. The van der Waals surface area contributed by atoms with Gasteiger partial charge < -0.3 is 5.11 Å². The third-order valence-corrected chi connectivity index (χ3v) is 4.24. The van der Waals surface area contributed by atoms with Gasteiger partial charge in [0.25, 0.3) is 0 Å². The molecular weight excluding hydrogens is 250 g/mol. The summed E-state index contributed by atoms with van der Waals surface area (Å²) < 4.78 is 0. The molecular formula is C13H15NOS2. The Bertz CT molecular complexity index is 494. The van der Waals surface area contributed by atoms with Gasteiger partial charge >= 0.3 is 0 Å². The quantitative estimate of drug-likeness (QED) is 0.854. The normalized spacial score (nSPS) is 12.6. The Labute approximate surface area is 110 Å². The molecule has 4 heteroatoms. The van der Waals surface area contributed by atoms with Crippen molar-refractivity contribution in [2.45, 2.75) is 30.6 Å². The highest BCUT2D eigenvalue weighted by Crippen LogP contribution is 2.25. The largest absolute Gasteiger partial charge is 0.389 e. The number of aliphatic hydroxyl groups excluding tert-OH is 1. The summed E-state index contributed by atoms with van der Waals surface area (Å²) in [4.78, 5) is 5.61. The second-order valence-corrected chi connectivity index (χ2v) is 6.01.